The average Bonchev–Trinajstić information content (AvgIpc) is 2.29. The lowest BCUT2D eigenvalue weighted by Crippen LogP contribution is -2.28. The SMILES string of the molecule is CC(C)OC(=O)C(O)Cc1cnc(C#N)cn1. The minimum absolute atomic E-state index is 0.0181. The molecule has 1 atom stereocenters. The molecule has 0 aliphatic carbocycles. The van der Waals surface area contributed by atoms with Crippen molar-refractivity contribution in [3.05, 3.63) is 23.8 Å². The molecule has 1 aromatic rings. The fourth-order valence-corrected chi connectivity index (χ4v) is 1.11. The van der Waals surface area contributed by atoms with E-state index in [-0.39, 0.29) is 18.2 Å². The topological polar surface area (TPSA) is 96.1 Å². The highest BCUT2D eigenvalue weighted by molar-refractivity contribution is 5.74. The first-order valence-electron chi connectivity index (χ1n) is 5.12. The molecule has 0 saturated heterocycles. The van der Waals surface area contributed by atoms with E-state index < -0.39 is 12.1 Å². The van der Waals surface area contributed by atoms with Gasteiger partial charge in [0.05, 0.1) is 24.2 Å². The first kappa shape index (κ1) is 13.1. The van der Waals surface area contributed by atoms with Crippen LogP contribution in [0.15, 0.2) is 12.4 Å². The van der Waals surface area contributed by atoms with Gasteiger partial charge < -0.3 is 9.84 Å². The van der Waals surface area contributed by atoms with Gasteiger partial charge >= 0.3 is 5.97 Å². The van der Waals surface area contributed by atoms with E-state index in [1.807, 2.05) is 6.07 Å². The summed E-state index contributed by atoms with van der Waals surface area (Å²) in [5.41, 5.74) is 0.616. The van der Waals surface area contributed by atoms with Crippen LogP contribution in [0.4, 0.5) is 0 Å². The lowest BCUT2D eigenvalue weighted by molar-refractivity contribution is -0.157. The molecule has 1 aromatic heterocycles. The van der Waals surface area contributed by atoms with Crippen LogP contribution in [0.5, 0.6) is 0 Å². The predicted molar refractivity (Wildman–Crippen MR) is 57.7 cm³/mol. The van der Waals surface area contributed by atoms with Crippen molar-refractivity contribution in [2.24, 2.45) is 0 Å². The summed E-state index contributed by atoms with van der Waals surface area (Å²) in [5.74, 6) is -0.689. The highest BCUT2D eigenvalue weighted by atomic mass is 16.6. The van der Waals surface area contributed by atoms with Gasteiger partial charge in [-0.3, -0.25) is 4.98 Å². The van der Waals surface area contributed by atoms with Gasteiger partial charge in [0, 0.05) is 6.42 Å². The number of esters is 1. The van der Waals surface area contributed by atoms with Gasteiger partial charge in [0.25, 0.3) is 0 Å². The van der Waals surface area contributed by atoms with Gasteiger partial charge in [-0.2, -0.15) is 5.26 Å². The number of carbonyl (C=O) groups excluding carboxylic acids is 1. The number of aliphatic hydroxyl groups is 1. The minimum atomic E-state index is -1.26. The average molecular weight is 235 g/mol. The molecule has 1 N–H and O–H groups in total. The van der Waals surface area contributed by atoms with Crippen LogP contribution < -0.4 is 0 Å². The van der Waals surface area contributed by atoms with Gasteiger partial charge in [0.1, 0.15) is 6.07 Å². The summed E-state index contributed by atoms with van der Waals surface area (Å²) in [6, 6.07) is 1.83. The summed E-state index contributed by atoms with van der Waals surface area (Å²) in [6.45, 7) is 3.40. The molecule has 17 heavy (non-hydrogen) atoms. The first-order chi connectivity index (χ1) is 8.02. The van der Waals surface area contributed by atoms with E-state index in [0.717, 1.165) is 0 Å². The van der Waals surface area contributed by atoms with Gasteiger partial charge in [0.2, 0.25) is 0 Å². The second-order valence-electron chi connectivity index (χ2n) is 3.71. The minimum Gasteiger partial charge on any atom is -0.461 e. The molecule has 0 aliphatic heterocycles. The Morgan fingerprint density at radius 1 is 1.53 bits per heavy atom. The standard InChI is InChI=1S/C11H13N3O3/c1-7(2)17-11(16)10(15)3-8-5-14-9(4-12)6-13-8/h5-7,10,15H,3H2,1-2H3. The molecule has 0 saturated carbocycles. The highest BCUT2D eigenvalue weighted by Crippen LogP contribution is 2.02. The van der Waals surface area contributed by atoms with Crippen molar-refractivity contribution in [1.82, 2.24) is 9.97 Å². The van der Waals surface area contributed by atoms with Crippen molar-refractivity contribution < 1.29 is 14.6 Å². The summed E-state index contributed by atoms with van der Waals surface area (Å²) in [5, 5.41) is 18.1. The lowest BCUT2D eigenvalue weighted by atomic mass is 10.2. The third-order valence-corrected chi connectivity index (χ3v) is 1.85. The van der Waals surface area contributed by atoms with Crippen LogP contribution in [0.3, 0.4) is 0 Å². The zero-order chi connectivity index (χ0) is 12.8. The highest BCUT2D eigenvalue weighted by Gasteiger charge is 2.19. The summed E-state index contributed by atoms with van der Waals surface area (Å²) in [7, 11) is 0. The van der Waals surface area contributed by atoms with Crippen LogP contribution in [0, 0.1) is 11.3 Å². The normalized spacial score (nSPS) is 11.9. The third-order valence-electron chi connectivity index (χ3n) is 1.85. The summed E-state index contributed by atoms with van der Waals surface area (Å²) in [4.78, 5) is 19.0. The molecule has 1 unspecified atom stereocenters. The molecule has 0 aromatic carbocycles. The Bertz CT molecular complexity index is 423. The molecule has 0 bridgehead atoms. The third kappa shape index (κ3) is 4.17. The number of aromatic nitrogens is 2. The van der Waals surface area contributed by atoms with Gasteiger partial charge in [0.15, 0.2) is 11.8 Å². The number of nitrogens with zero attached hydrogens (tertiary/aromatic N) is 3. The molecule has 1 heterocycles. The maximum Gasteiger partial charge on any atom is 0.335 e. The fourth-order valence-electron chi connectivity index (χ4n) is 1.11. The maximum absolute atomic E-state index is 11.3. The van der Waals surface area contributed by atoms with Crippen LogP contribution in [0.1, 0.15) is 25.2 Å². The molecule has 0 fully saturated rings. The molecule has 90 valence electrons. The van der Waals surface area contributed by atoms with Crippen LogP contribution in [-0.4, -0.2) is 33.3 Å². The Morgan fingerprint density at radius 3 is 2.71 bits per heavy atom. The Kier molecular flexibility index (Phi) is 4.55. The molecule has 6 nitrogen and oxygen atoms in total. The predicted octanol–water partition coefficient (Wildman–Crippen LogP) is 0.203. The molecule has 6 heteroatoms. The Morgan fingerprint density at radius 2 is 2.24 bits per heavy atom. The summed E-state index contributed by atoms with van der Waals surface area (Å²) < 4.78 is 4.84. The number of aliphatic hydroxyl groups excluding tert-OH is 1. The van der Waals surface area contributed by atoms with Gasteiger partial charge in [-0.15, -0.1) is 0 Å². The molecule has 0 radical (unpaired) electrons. The van der Waals surface area contributed by atoms with Gasteiger partial charge in [-0.25, -0.2) is 9.78 Å². The van der Waals surface area contributed by atoms with E-state index >= 15 is 0 Å². The van der Waals surface area contributed by atoms with E-state index in [1.165, 1.54) is 12.4 Å². The van der Waals surface area contributed by atoms with Crippen molar-refractivity contribution in [2.45, 2.75) is 32.5 Å². The maximum atomic E-state index is 11.3. The van der Waals surface area contributed by atoms with Crippen LogP contribution in [0.2, 0.25) is 0 Å². The summed E-state index contributed by atoms with van der Waals surface area (Å²) >= 11 is 0. The number of carbonyl (C=O) groups is 1. The molecule has 1 rings (SSSR count). The Balaban J connectivity index is 2.58. The second-order valence-corrected chi connectivity index (χ2v) is 3.71. The van der Waals surface area contributed by atoms with Gasteiger partial charge in [-0.1, -0.05) is 0 Å². The zero-order valence-electron chi connectivity index (χ0n) is 9.62. The molecular formula is C11H13N3O3. The van der Waals surface area contributed by atoms with Crippen LogP contribution in [0.25, 0.3) is 0 Å². The van der Waals surface area contributed by atoms with Crippen molar-refractivity contribution in [3.63, 3.8) is 0 Å². The number of rotatable bonds is 4. The summed E-state index contributed by atoms with van der Waals surface area (Å²) in [6.07, 6.45) is 1.12. The number of nitriles is 1. The molecule has 0 spiro atoms. The van der Waals surface area contributed by atoms with E-state index in [2.05, 4.69) is 9.97 Å². The Labute approximate surface area is 98.9 Å². The van der Waals surface area contributed by atoms with E-state index in [4.69, 9.17) is 10.00 Å². The molecule has 0 aliphatic rings. The lowest BCUT2D eigenvalue weighted by Gasteiger charge is -2.12. The Hall–Kier alpha value is -2.00. The van der Waals surface area contributed by atoms with E-state index in [0.29, 0.717) is 5.69 Å². The smallest absolute Gasteiger partial charge is 0.335 e. The van der Waals surface area contributed by atoms with Gasteiger partial charge in [-0.05, 0) is 13.8 Å². The van der Waals surface area contributed by atoms with Crippen molar-refractivity contribution in [3.8, 4) is 6.07 Å². The largest absolute Gasteiger partial charge is 0.461 e. The van der Waals surface area contributed by atoms with Crippen molar-refractivity contribution in [1.29, 1.82) is 5.26 Å². The van der Waals surface area contributed by atoms with E-state index in [1.54, 1.807) is 13.8 Å². The van der Waals surface area contributed by atoms with Crippen LogP contribution in [-0.2, 0) is 16.0 Å². The van der Waals surface area contributed by atoms with Crippen molar-refractivity contribution >= 4 is 5.97 Å². The number of hydrogen-bond acceptors (Lipinski definition) is 6. The molecule has 0 amide bonds. The fraction of sp³-hybridized carbons (Fsp3) is 0.455. The molecular weight excluding hydrogens is 222 g/mol. The number of ether oxygens (including phenoxy) is 1. The zero-order valence-corrected chi connectivity index (χ0v) is 9.62. The van der Waals surface area contributed by atoms with Crippen LogP contribution >= 0.6 is 0 Å². The quantitative estimate of drug-likeness (QED) is 0.749. The monoisotopic (exact) mass is 235 g/mol. The van der Waals surface area contributed by atoms with E-state index in [9.17, 15) is 9.90 Å². The second kappa shape index (κ2) is 5.92. The van der Waals surface area contributed by atoms with Crippen molar-refractivity contribution in [2.75, 3.05) is 0 Å². The number of hydrogen-bond donors (Lipinski definition) is 1. The first-order valence-corrected chi connectivity index (χ1v) is 5.12.